The number of hydrogen-bond donors (Lipinski definition) is 1. The number of methoxy groups -OCH3 is 1. The number of ether oxygens (including phenoxy) is 1. The molecule has 0 saturated carbocycles. The lowest BCUT2D eigenvalue weighted by Gasteiger charge is -2.04. The van der Waals surface area contributed by atoms with E-state index in [1.165, 1.54) is 16.0 Å². The van der Waals surface area contributed by atoms with Crippen molar-refractivity contribution in [3.8, 4) is 16.2 Å². The molecule has 3 aromatic rings. The Labute approximate surface area is 141 Å². The zero-order valence-corrected chi connectivity index (χ0v) is 14.0. The summed E-state index contributed by atoms with van der Waals surface area (Å²) in [5.41, 5.74) is 2.54. The van der Waals surface area contributed by atoms with Crippen LogP contribution < -0.4 is 10.1 Å². The summed E-state index contributed by atoms with van der Waals surface area (Å²) in [5.74, 6) is 0.901. The Balaban J connectivity index is 1.46. The largest absolute Gasteiger partial charge is 0.497 e. The van der Waals surface area contributed by atoms with Gasteiger partial charge < -0.3 is 10.1 Å². The van der Waals surface area contributed by atoms with Gasteiger partial charge >= 0.3 is 0 Å². The molecule has 0 saturated heterocycles. The molecule has 23 heavy (non-hydrogen) atoms. The first-order valence-corrected chi connectivity index (χ1v) is 8.50. The van der Waals surface area contributed by atoms with Crippen LogP contribution in [-0.4, -0.2) is 18.6 Å². The van der Waals surface area contributed by atoms with E-state index in [1.807, 2.05) is 24.4 Å². The van der Waals surface area contributed by atoms with E-state index in [-0.39, 0.29) is 0 Å². The number of rotatable bonds is 7. The van der Waals surface area contributed by atoms with E-state index in [2.05, 4.69) is 46.7 Å². The maximum atomic E-state index is 5.17. The molecular formula is C19H20N2OS. The van der Waals surface area contributed by atoms with Crippen molar-refractivity contribution in [2.75, 3.05) is 13.7 Å². The number of benzene rings is 2. The van der Waals surface area contributed by atoms with Crippen LogP contribution in [0.4, 0.5) is 0 Å². The van der Waals surface area contributed by atoms with E-state index >= 15 is 0 Å². The third kappa shape index (κ3) is 4.41. The topological polar surface area (TPSA) is 34.1 Å². The summed E-state index contributed by atoms with van der Waals surface area (Å²) in [4.78, 5) is 5.72. The van der Waals surface area contributed by atoms with Crippen molar-refractivity contribution in [1.82, 2.24) is 10.3 Å². The lowest BCUT2D eigenvalue weighted by molar-refractivity contribution is 0.414. The molecule has 3 nitrogen and oxygen atoms in total. The van der Waals surface area contributed by atoms with E-state index in [1.54, 1.807) is 18.4 Å². The van der Waals surface area contributed by atoms with Crippen LogP contribution in [0.2, 0.25) is 0 Å². The number of thiazole rings is 1. The van der Waals surface area contributed by atoms with Crippen molar-refractivity contribution in [2.45, 2.75) is 13.0 Å². The van der Waals surface area contributed by atoms with Crippen molar-refractivity contribution in [1.29, 1.82) is 0 Å². The zero-order chi connectivity index (χ0) is 15.9. The summed E-state index contributed by atoms with van der Waals surface area (Å²) >= 11 is 1.75. The van der Waals surface area contributed by atoms with Crippen molar-refractivity contribution in [2.24, 2.45) is 0 Å². The van der Waals surface area contributed by atoms with Crippen LogP contribution in [0.25, 0.3) is 10.4 Å². The lowest BCUT2D eigenvalue weighted by atomic mass is 10.1. The van der Waals surface area contributed by atoms with Crippen LogP contribution in [-0.2, 0) is 13.0 Å². The van der Waals surface area contributed by atoms with Gasteiger partial charge in [0.1, 0.15) is 10.8 Å². The molecule has 0 spiro atoms. The monoisotopic (exact) mass is 324 g/mol. The first-order chi connectivity index (χ1) is 11.3. The first-order valence-electron chi connectivity index (χ1n) is 7.69. The van der Waals surface area contributed by atoms with Crippen LogP contribution in [0.15, 0.2) is 60.8 Å². The van der Waals surface area contributed by atoms with Crippen LogP contribution in [0.1, 0.15) is 10.6 Å². The Hall–Kier alpha value is -2.17. The average molecular weight is 324 g/mol. The Morgan fingerprint density at radius 1 is 1.04 bits per heavy atom. The summed E-state index contributed by atoms with van der Waals surface area (Å²) in [6, 6.07) is 18.6. The van der Waals surface area contributed by atoms with Gasteiger partial charge in [0.15, 0.2) is 0 Å². The highest BCUT2D eigenvalue weighted by atomic mass is 32.1. The molecule has 2 aromatic carbocycles. The fraction of sp³-hybridized carbons (Fsp3) is 0.211. The molecule has 0 bridgehead atoms. The van der Waals surface area contributed by atoms with Gasteiger partial charge in [0, 0.05) is 12.7 Å². The van der Waals surface area contributed by atoms with Crippen LogP contribution in [0, 0.1) is 0 Å². The first kappa shape index (κ1) is 15.7. The molecule has 0 atom stereocenters. The molecule has 0 aliphatic carbocycles. The molecule has 0 aliphatic rings. The van der Waals surface area contributed by atoms with Crippen LogP contribution >= 0.6 is 11.3 Å². The fourth-order valence-corrected chi connectivity index (χ4v) is 3.24. The Kier molecular flexibility index (Phi) is 5.40. The highest BCUT2D eigenvalue weighted by Crippen LogP contribution is 2.25. The number of nitrogens with one attached hydrogen (secondary N) is 1. The molecule has 0 amide bonds. The van der Waals surface area contributed by atoms with E-state index in [0.717, 1.165) is 30.3 Å². The van der Waals surface area contributed by atoms with E-state index in [4.69, 9.17) is 4.74 Å². The third-order valence-electron chi connectivity index (χ3n) is 3.64. The van der Waals surface area contributed by atoms with Gasteiger partial charge in [0.2, 0.25) is 0 Å². The third-order valence-corrected chi connectivity index (χ3v) is 4.68. The van der Waals surface area contributed by atoms with Gasteiger partial charge in [-0.1, -0.05) is 42.5 Å². The molecule has 0 fully saturated rings. The molecule has 1 N–H and O–H groups in total. The van der Waals surface area contributed by atoms with E-state index < -0.39 is 0 Å². The number of aromatic nitrogens is 1. The number of hydrogen-bond acceptors (Lipinski definition) is 4. The fourth-order valence-electron chi connectivity index (χ4n) is 2.35. The SMILES string of the molecule is COc1ccc(CCNCc2ncc(-c3ccccc3)s2)cc1. The van der Waals surface area contributed by atoms with Crippen LogP contribution in [0.3, 0.4) is 0 Å². The van der Waals surface area contributed by atoms with Gasteiger partial charge in [-0.3, -0.25) is 0 Å². The molecule has 0 unspecified atom stereocenters. The van der Waals surface area contributed by atoms with Crippen molar-refractivity contribution < 1.29 is 4.74 Å². The van der Waals surface area contributed by atoms with Crippen molar-refractivity contribution in [3.63, 3.8) is 0 Å². The summed E-state index contributed by atoms with van der Waals surface area (Å²) in [7, 11) is 1.69. The number of nitrogens with zero attached hydrogens (tertiary/aromatic N) is 1. The Morgan fingerprint density at radius 3 is 2.57 bits per heavy atom. The summed E-state index contributed by atoms with van der Waals surface area (Å²) in [5, 5.41) is 4.58. The Morgan fingerprint density at radius 2 is 1.83 bits per heavy atom. The maximum Gasteiger partial charge on any atom is 0.118 e. The van der Waals surface area contributed by atoms with Crippen molar-refractivity contribution >= 4 is 11.3 Å². The van der Waals surface area contributed by atoms with E-state index in [0.29, 0.717) is 0 Å². The van der Waals surface area contributed by atoms with Gasteiger partial charge in [-0.15, -0.1) is 11.3 Å². The van der Waals surface area contributed by atoms with Crippen molar-refractivity contribution in [3.05, 3.63) is 71.4 Å². The highest BCUT2D eigenvalue weighted by Gasteiger charge is 2.03. The molecule has 3 rings (SSSR count). The second-order valence-electron chi connectivity index (χ2n) is 5.26. The lowest BCUT2D eigenvalue weighted by Crippen LogP contribution is -2.16. The molecule has 1 aromatic heterocycles. The smallest absolute Gasteiger partial charge is 0.118 e. The summed E-state index contributed by atoms with van der Waals surface area (Å²) < 4.78 is 5.17. The second-order valence-corrected chi connectivity index (χ2v) is 6.37. The average Bonchev–Trinajstić information content (AvgIpc) is 3.09. The van der Waals surface area contributed by atoms with Gasteiger partial charge in [-0.25, -0.2) is 4.98 Å². The van der Waals surface area contributed by atoms with Crippen LogP contribution in [0.5, 0.6) is 5.75 Å². The zero-order valence-electron chi connectivity index (χ0n) is 13.2. The predicted octanol–water partition coefficient (Wildman–Crippen LogP) is 4.15. The molecule has 0 aliphatic heterocycles. The predicted molar refractivity (Wildman–Crippen MR) is 96.0 cm³/mol. The standard InChI is InChI=1S/C19H20N2OS/c1-22-17-9-7-15(8-10-17)11-12-20-14-19-21-13-18(23-19)16-5-3-2-4-6-16/h2-10,13,20H,11-12,14H2,1H3. The molecule has 118 valence electrons. The molecule has 1 heterocycles. The minimum Gasteiger partial charge on any atom is -0.497 e. The minimum absolute atomic E-state index is 0.813. The summed E-state index contributed by atoms with van der Waals surface area (Å²) in [6.07, 6.45) is 2.96. The maximum absolute atomic E-state index is 5.17. The van der Waals surface area contributed by atoms with Gasteiger partial charge in [-0.05, 0) is 36.2 Å². The minimum atomic E-state index is 0.813. The van der Waals surface area contributed by atoms with Gasteiger partial charge in [0.25, 0.3) is 0 Å². The molecule has 4 heteroatoms. The second kappa shape index (κ2) is 7.90. The van der Waals surface area contributed by atoms with E-state index in [9.17, 15) is 0 Å². The van der Waals surface area contributed by atoms with Gasteiger partial charge in [0.05, 0.1) is 12.0 Å². The molecular weight excluding hydrogens is 304 g/mol. The molecule has 0 radical (unpaired) electrons. The summed E-state index contributed by atoms with van der Waals surface area (Å²) in [6.45, 7) is 1.75. The normalized spacial score (nSPS) is 10.7. The Bertz CT molecular complexity index is 723. The highest BCUT2D eigenvalue weighted by molar-refractivity contribution is 7.15. The van der Waals surface area contributed by atoms with Gasteiger partial charge in [-0.2, -0.15) is 0 Å². The quantitative estimate of drug-likeness (QED) is 0.663.